The molecule has 16 heavy (non-hydrogen) atoms. The third-order valence-corrected chi connectivity index (χ3v) is 2.19. The van der Waals surface area contributed by atoms with Gasteiger partial charge in [0.15, 0.2) is 0 Å². The number of hydrogen-bond acceptors (Lipinski definition) is 4. The first-order chi connectivity index (χ1) is 7.60. The molecule has 1 aromatic carbocycles. The zero-order valence-electron chi connectivity index (χ0n) is 9.27. The van der Waals surface area contributed by atoms with Crippen molar-refractivity contribution >= 4 is 5.97 Å². The molecule has 0 saturated heterocycles. The van der Waals surface area contributed by atoms with Crippen LogP contribution >= 0.6 is 0 Å². The van der Waals surface area contributed by atoms with E-state index in [1.165, 1.54) is 14.2 Å². The summed E-state index contributed by atoms with van der Waals surface area (Å²) in [7, 11) is 2.77. The van der Waals surface area contributed by atoms with Crippen LogP contribution in [0.15, 0.2) is 36.4 Å². The van der Waals surface area contributed by atoms with Gasteiger partial charge in [-0.3, -0.25) is 0 Å². The van der Waals surface area contributed by atoms with Gasteiger partial charge >= 0.3 is 5.97 Å². The second-order valence-electron chi connectivity index (χ2n) is 3.20. The minimum absolute atomic E-state index is 0.00393. The minimum atomic E-state index is -1.08. The summed E-state index contributed by atoms with van der Waals surface area (Å²) < 4.78 is 9.50. The number of benzene rings is 1. The van der Waals surface area contributed by atoms with Crippen molar-refractivity contribution in [2.24, 2.45) is 0 Å². The number of aliphatic hydroxyl groups excluding tert-OH is 1. The Morgan fingerprint density at radius 1 is 1.44 bits per heavy atom. The monoisotopic (exact) mass is 222 g/mol. The SMILES string of the molecule is C=C(C(=O)OC)[C@H](O)c1cccc(OC)c1. The van der Waals surface area contributed by atoms with Gasteiger partial charge in [0.25, 0.3) is 0 Å². The van der Waals surface area contributed by atoms with Gasteiger partial charge in [0.1, 0.15) is 11.9 Å². The molecule has 0 amide bonds. The van der Waals surface area contributed by atoms with Crippen LogP contribution in [-0.2, 0) is 9.53 Å². The fourth-order valence-corrected chi connectivity index (χ4v) is 1.26. The van der Waals surface area contributed by atoms with Gasteiger partial charge in [-0.2, -0.15) is 0 Å². The lowest BCUT2D eigenvalue weighted by atomic mass is 10.0. The summed E-state index contributed by atoms with van der Waals surface area (Å²) in [4.78, 5) is 11.2. The van der Waals surface area contributed by atoms with E-state index in [1.54, 1.807) is 24.3 Å². The van der Waals surface area contributed by atoms with Crippen molar-refractivity contribution in [1.82, 2.24) is 0 Å². The van der Waals surface area contributed by atoms with E-state index < -0.39 is 12.1 Å². The molecule has 0 bridgehead atoms. The van der Waals surface area contributed by atoms with Gasteiger partial charge in [0.05, 0.1) is 19.8 Å². The predicted octanol–water partition coefficient (Wildman–Crippen LogP) is 1.46. The largest absolute Gasteiger partial charge is 0.497 e. The first-order valence-corrected chi connectivity index (χ1v) is 4.69. The Balaban J connectivity index is 2.91. The average molecular weight is 222 g/mol. The molecule has 4 nitrogen and oxygen atoms in total. The highest BCUT2D eigenvalue weighted by molar-refractivity contribution is 5.88. The lowest BCUT2D eigenvalue weighted by molar-refractivity contribution is -0.137. The van der Waals surface area contributed by atoms with Crippen molar-refractivity contribution < 1.29 is 19.4 Å². The molecule has 1 rings (SSSR count). The smallest absolute Gasteiger partial charge is 0.336 e. The van der Waals surface area contributed by atoms with Crippen LogP contribution in [0, 0.1) is 0 Å². The standard InChI is InChI=1S/C12H14O4/c1-8(12(14)16-3)11(13)9-5-4-6-10(7-9)15-2/h4-7,11,13H,1H2,2-3H3/t11-/m0/s1. The van der Waals surface area contributed by atoms with Crippen LogP contribution in [0.5, 0.6) is 5.75 Å². The quantitative estimate of drug-likeness (QED) is 0.619. The fourth-order valence-electron chi connectivity index (χ4n) is 1.26. The highest BCUT2D eigenvalue weighted by Crippen LogP contribution is 2.24. The lowest BCUT2D eigenvalue weighted by Crippen LogP contribution is -2.12. The second kappa shape index (κ2) is 5.32. The summed E-state index contributed by atoms with van der Waals surface area (Å²) in [6, 6.07) is 6.79. The number of aliphatic hydroxyl groups is 1. The Morgan fingerprint density at radius 2 is 2.12 bits per heavy atom. The van der Waals surface area contributed by atoms with Gasteiger partial charge in [-0.25, -0.2) is 4.79 Å². The molecule has 0 unspecified atom stereocenters. The van der Waals surface area contributed by atoms with E-state index in [2.05, 4.69) is 11.3 Å². The zero-order chi connectivity index (χ0) is 12.1. The van der Waals surface area contributed by atoms with E-state index in [-0.39, 0.29) is 5.57 Å². The van der Waals surface area contributed by atoms with Crippen LogP contribution in [-0.4, -0.2) is 25.3 Å². The number of esters is 1. The number of carbonyl (C=O) groups excluding carboxylic acids is 1. The molecular weight excluding hydrogens is 208 g/mol. The van der Waals surface area contributed by atoms with Crippen molar-refractivity contribution in [2.45, 2.75) is 6.10 Å². The molecule has 0 aliphatic rings. The van der Waals surface area contributed by atoms with Crippen molar-refractivity contribution in [3.8, 4) is 5.75 Å². The van der Waals surface area contributed by atoms with Gasteiger partial charge in [-0.1, -0.05) is 18.7 Å². The predicted molar refractivity (Wildman–Crippen MR) is 59.1 cm³/mol. The third-order valence-electron chi connectivity index (χ3n) is 2.19. The van der Waals surface area contributed by atoms with E-state index in [1.807, 2.05) is 0 Å². The second-order valence-corrected chi connectivity index (χ2v) is 3.20. The number of methoxy groups -OCH3 is 2. The van der Waals surface area contributed by atoms with Crippen LogP contribution in [0.1, 0.15) is 11.7 Å². The zero-order valence-corrected chi connectivity index (χ0v) is 9.27. The summed E-state index contributed by atoms with van der Waals surface area (Å²) in [6.07, 6.45) is -1.08. The van der Waals surface area contributed by atoms with Crippen LogP contribution in [0.4, 0.5) is 0 Å². The number of hydrogen-bond donors (Lipinski definition) is 1. The van der Waals surface area contributed by atoms with Gasteiger partial charge < -0.3 is 14.6 Å². The van der Waals surface area contributed by atoms with Crippen molar-refractivity contribution in [3.63, 3.8) is 0 Å². The van der Waals surface area contributed by atoms with Crippen molar-refractivity contribution in [3.05, 3.63) is 42.0 Å². The summed E-state index contributed by atoms with van der Waals surface area (Å²) in [5, 5.41) is 9.85. The van der Waals surface area contributed by atoms with Gasteiger partial charge in [-0.05, 0) is 17.7 Å². The molecular formula is C12H14O4. The van der Waals surface area contributed by atoms with E-state index in [4.69, 9.17) is 4.74 Å². The van der Waals surface area contributed by atoms with E-state index in [0.29, 0.717) is 11.3 Å². The molecule has 0 fully saturated rings. The molecule has 0 saturated carbocycles. The third kappa shape index (κ3) is 2.61. The Bertz CT molecular complexity index is 398. The Hall–Kier alpha value is -1.81. The average Bonchev–Trinajstić information content (AvgIpc) is 2.36. The first kappa shape index (κ1) is 12.3. The lowest BCUT2D eigenvalue weighted by Gasteiger charge is -2.13. The highest BCUT2D eigenvalue weighted by atomic mass is 16.5. The van der Waals surface area contributed by atoms with Crippen LogP contribution in [0.25, 0.3) is 0 Å². The fraction of sp³-hybridized carbons (Fsp3) is 0.250. The molecule has 1 N–H and O–H groups in total. The maximum Gasteiger partial charge on any atom is 0.336 e. The van der Waals surface area contributed by atoms with Crippen LogP contribution in [0.2, 0.25) is 0 Å². The Kier molecular flexibility index (Phi) is 4.08. The summed E-state index contributed by atoms with van der Waals surface area (Å²) in [5.74, 6) is -0.0236. The molecule has 0 heterocycles. The van der Waals surface area contributed by atoms with Gasteiger partial charge in [-0.15, -0.1) is 0 Å². The van der Waals surface area contributed by atoms with Crippen molar-refractivity contribution in [2.75, 3.05) is 14.2 Å². The normalized spacial score (nSPS) is 11.7. The maximum absolute atomic E-state index is 11.2. The van der Waals surface area contributed by atoms with Crippen molar-refractivity contribution in [1.29, 1.82) is 0 Å². The van der Waals surface area contributed by atoms with Crippen LogP contribution < -0.4 is 4.74 Å². The molecule has 1 atom stereocenters. The summed E-state index contributed by atoms with van der Waals surface area (Å²) in [5.41, 5.74) is 0.533. The molecule has 0 aliphatic carbocycles. The summed E-state index contributed by atoms with van der Waals surface area (Å²) in [6.45, 7) is 3.49. The van der Waals surface area contributed by atoms with E-state index in [0.717, 1.165) is 0 Å². The number of rotatable bonds is 4. The van der Waals surface area contributed by atoms with E-state index >= 15 is 0 Å². The summed E-state index contributed by atoms with van der Waals surface area (Å²) >= 11 is 0. The Labute approximate surface area is 94.1 Å². The van der Waals surface area contributed by atoms with E-state index in [9.17, 15) is 9.90 Å². The molecule has 0 spiro atoms. The molecule has 0 aromatic heterocycles. The Morgan fingerprint density at radius 3 is 2.69 bits per heavy atom. The number of ether oxygens (including phenoxy) is 2. The van der Waals surface area contributed by atoms with Crippen LogP contribution in [0.3, 0.4) is 0 Å². The number of carbonyl (C=O) groups is 1. The first-order valence-electron chi connectivity index (χ1n) is 4.69. The maximum atomic E-state index is 11.2. The molecule has 4 heteroatoms. The minimum Gasteiger partial charge on any atom is -0.497 e. The topological polar surface area (TPSA) is 55.8 Å². The molecule has 0 aliphatic heterocycles. The molecule has 1 aromatic rings. The van der Waals surface area contributed by atoms with Gasteiger partial charge in [0.2, 0.25) is 0 Å². The molecule has 86 valence electrons. The highest BCUT2D eigenvalue weighted by Gasteiger charge is 2.19. The van der Waals surface area contributed by atoms with Gasteiger partial charge in [0, 0.05) is 0 Å². The molecule has 0 radical (unpaired) electrons.